The molecule has 1 aromatic heterocycles. The lowest BCUT2D eigenvalue weighted by Gasteiger charge is -2.07. The van der Waals surface area contributed by atoms with Crippen molar-refractivity contribution in [2.75, 3.05) is 11.9 Å². The van der Waals surface area contributed by atoms with Crippen LogP contribution in [0.3, 0.4) is 0 Å². The molecule has 2 rings (SSSR count). The third kappa shape index (κ3) is 4.25. The smallest absolute Gasteiger partial charge is 0.357 e. The molecule has 1 heterocycles. The van der Waals surface area contributed by atoms with E-state index in [1.807, 2.05) is 0 Å². The van der Waals surface area contributed by atoms with Crippen LogP contribution in [-0.2, 0) is 9.53 Å². The van der Waals surface area contributed by atoms with Gasteiger partial charge in [0.15, 0.2) is 6.61 Å². The topological polar surface area (TPSA) is 68.3 Å². The first-order valence-electron chi connectivity index (χ1n) is 5.89. The van der Waals surface area contributed by atoms with Crippen molar-refractivity contribution >= 4 is 29.2 Å². The van der Waals surface area contributed by atoms with Gasteiger partial charge in [-0.3, -0.25) is 4.79 Å². The molecule has 0 spiro atoms. The number of carbonyl (C=O) groups excluding carboxylic acids is 2. The van der Waals surface area contributed by atoms with Gasteiger partial charge in [-0.05, 0) is 30.3 Å². The average molecular weight is 309 g/mol. The van der Waals surface area contributed by atoms with E-state index in [9.17, 15) is 14.0 Å². The molecule has 1 amide bonds. The lowest BCUT2D eigenvalue weighted by atomic mass is 10.3. The van der Waals surface area contributed by atoms with Crippen molar-refractivity contribution in [2.45, 2.75) is 0 Å². The molecular formula is C14H10ClFN2O3. The van der Waals surface area contributed by atoms with E-state index >= 15 is 0 Å². The van der Waals surface area contributed by atoms with E-state index in [0.717, 1.165) is 12.1 Å². The van der Waals surface area contributed by atoms with E-state index < -0.39 is 24.3 Å². The largest absolute Gasteiger partial charge is 0.451 e. The Hall–Kier alpha value is -2.47. The van der Waals surface area contributed by atoms with E-state index in [-0.39, 0.29) is 16.4 Å². The zero-order valence-electron chi connectivity index (χ0n) is 10.7. The highest BCUT2D eigenvalue weighted by Crippen LogP contribution is 2.22. The zero-order chi connectivity index (χ0) is 15.2. The lowest BCUT2D eigenvalue weighted by Crippen LogP contribution is -2.21. The Kier molecular flexibility index (Phi) is 4.84. The van der Waals surface area contributed by atoms with Gasteiger partial charge in [0.05, 0.1) is 10.7 Å². The Balaban J connectivity index is 1.89. The molecule has 0 saturated heterocycles. The number of nitrogens with one attached hydrogen (secondary N) is 1. The van der Waals surface area contributed by atoms with Crippen LogP contribution in [0.25, 0.3) is 0 Å². The minimum absolute atomic E-state index is 0.0550. The molecule has 5 nitrogen and oxygen atoms in total. The number of amides is 1. The summed E-state index contributed by atoms with van der Waals surface area (Å²) >= 11 is 5.76. The van der Waals surface area contributed by atoms with Gasteiger partial charge in [-0.25, -0.2) is 14.2 Å². The zero-order valence-corrected chi connectivity index (χ0v) is 11.4. The number of nitrogens with zero attached hydrogens (tertiary/aromatic N) is 1. The van der Waals surface area contributed by atoms with Gasteiger partial charge >= 0.3 is 5.97 Å². The molecular weight excluding hydrogens is 299 g/mol. The van der Waals surface area contributed by atoms with Crippen LogP contribution in [0, 0.1) is 5.82 Å². The van der Waals surface area contributed by atoms with Gasteiger partial charge in [0.1, 0.15) is 11.5 Å². The first-order chi connectivity index (χ1) is 10.1. The Morgan fingerprint density at radius 2 is 2.10 bits per heavy atom. The molecule has 7 heteroatoms. The van der Waals surface area contributed by atoms with Crippen molar-refractivity contribution < 1.29 is 18.7 Å². The van der Waals surface area contributed by atoms with E-state index in [2.05, 4.69) is 10.3 Å². The van der Waals surface area contributed by atoms with Crippen LogP contribution in [0.1, 0.15) is 10.5 Å². The summed E-state index contributed by atoms with van der Waals surface area (Å²) in [5.74, 6) is -1.82. The Morgan fingerprint density at radius 1 is 1.29 bits per heavy atom. The Bertz CT molecular complexity index is 665. The third-order valence-corrected chi connectivity index (χ3v) is 2.73. The molecule has 0 fully saturated rings. The lowest BCUT2D eigenvalue weighted by molar-refractivity contribution is -0.119. The molecule has 0 radical (unpaired) electrons. The molecule has 2 aromatic rings. The molecule has 0 bridgehead atoms. The van der Waals surface area contributed by atoms with Gasteiger partial charge in [-0.1, -0.05) is 17.7 Å². The van der Waals surface area contributed by atoms with Crippen LogP contribution in [-0.4, -0.2) is 23.5 Å². The normalized spacial score (nSPS) is 10.0. The number of aromatic nitrogens is 1. The molecule has 0 aliphatic heterocycles. The van der Waals surface area contributed by atoms with Crippen LogP contribution in [0.15, 0.2) is 42.6 Å². The monoisotopic (exact) mass is 308 g/mol. The van der Waals surface area contributed by atoms with Gasteiger partial charge in [-0.15, -0.1) is 0 Å². The number of anilines is 1. The summed E-state index contributed by atoms with van der Waals surface area (Å²) < 4.78 is 17.6. The number of carbonyl (C=O) groups is 2. The molecule has 1 N–H and O–H groups in total. The third-order valence-electron chi connectivity index (χ3n) is 2.41. The second kappa shape index (κ2) is 6.81. The number of hydrogen-bond acceptors (Lipinski definition) is 4. The van der Waals surface area contributed by atoms with Crippen molar-refractivity contribution in [3.8, 4) is 0 Å². The molecule has 0 aliphatic rings. The van der Waals surface area contributed by atoms with Crippen molar-refractivity contribution in [1.29, 1.82) is 0 Å². The fourth-order valence-corrected chi connectivity index (χ4v) is 1.68. The number of benzene rings is 1. The number of esters is 1. The number of ether oxygens (including phenoxy) is 1. The highest BCUT2D eigenvalue weighted by Gasteiger charge is 2.12. The van der Waals surface area contributed by atoms with Gasteiger partial charge in [0.2, 0.25) is 0 Å². The second-order valence-electron chi connectivity index (χ2n) is 3.96. The molecule has 0 unspecified atom stereocenters. The van der Waals surface area contributed by atoms with E-state index in [4.69, 9.17) is 16.3 Å². The maximum Gasteiger partial charge on any atom is 0.357 e. The van der Waals surface area contributed by atoms with Crippen molar-refractivity contribution in [1.82, 2.24) is 4.98 Å². The first kappa shape index (κ1) is 14.9. The average Bonchev–Trinajstić information content (AvgIpc) is 2.48. The summed E-state index contributed by atoms with van der Waals surface area (Å²) in [6, 6.07) is 8.29. The highest BCUT2D eigenvalue weighted by atomic mass is 35.5. The van der Waals surface area contributed by atoms with E-state index in [0.29, 0.717) is 0 Å². The maximum absolute atomic E-state index is 12.9. The molecule has 0 saturated carbocycles. The van der Waals surface area contributed by atoms with Crippen molar-refractivity contribution in [3.63, 3.8) is 0 Å². The van der Waals surface area contributed by atoms with Crippen molar-refractivity contribution in [2.24, 2.45) is 0 Å². The number of halogens is 2. The van der Waals surface area contributed by atoms with Crippen LogP contribution < -0.4 is 5.32 Å². The summed E-state index contributed by atoms with van der Waals surface area (Å²) in [6.45, 7) is -0.497. The van der Waals surface area contributed by atoms with E-state index in [1.54, 1.807) is 12.1 Å². The van der Waals surface area contributed by atoms with Gasteiger partial charge in [-0.2, -0.15) is 0 Å². The summed E-state index contributed by atoms with van der Waals surface area (Å²) in [5.41, 5.74) is 0.335. The van der Waals surface area contributed by atoms with Crippen LogP contribution in [0.5, 0.6) is 0 Å². The minimum atomic E-state index is -0.712. The second-order valence-corrected chi connectivity index (χ2v) is 4.37. The van der Waals surface area contributed by atoms with Crippen LogP contribution >= 0.6 is 11.6 Å². The molecule has 0 aliphatic carbocycles. The number of rotatable bonds is 4. The van der Waals surface area contributed by atoms with Crippen LogP contribution in [0.2, 0.25) is 5.02 Å². The van der Waals surface area contributed by atoms with Crippen LogP contribution in [0.4, 0.5) is 10.1 Å². The minimum Gasteiger partial charge on any atom is -0.451 e. The van der Waals surface area contributed by atoms with Crippen molar-refractivity contribution in [3.05, 3.63) is 59.1 Å². The number of hydrogen-bond donors (Lipinski definition) is 1. The molecule has 0 atom stereocenters. The fraction of sp³-hybridized carbons (Fsp3) is 0.0714. The summed E-state index contributed by atoms with van der Waals surface area (Å²) in [7, 11) is 0. The Morgan fingerprint density at radius 3 is 2.76 bits per heavy atom. The summed E-state index contributed by atoms with van der Waals surface area (Å²) in [6.07, 6.45) is 1.44. The van der Waals surface area contributed by atoms with Gasteiger partial charge in [0.25, 0.3) is 5.91 Å². The van der Waals surface area contributed by atoms with Gasteiger partial charge < -0.3 is 10.1 Å². The Labute approximate surface area is 124 Å². The van der Waals surface area contributed by atoms with Gasteiger partial charge in [0, 0.05) is 6.20 Å². The highest BCUT2D eigenvalue weighted by molar-refractivity contribution is 6.33. The SMILES string of the molecule is O=C(COC(=O)c1ccccn1)Nc1ccc(F)cc1Cl. The summed E-state index contributed by atoms with van der Waals surface area (Å²) in [4.78, 5) is 27.0. The molecule has 21 heavy (non-hydrogen) atoms. The first-order valence-corrected chi connectivity index (χ1v) is 6.27. The summed E-state index contributed by atoms with van der Waals surface area (Å²) in [5, 5.41) is 2.46. The predicted octanol–water partition coefficient (Wildman–Crippen LogP) is 2.67. The standard InChI is InChI=1S/C14H10ClFN2O3/c15-10-7-9(16)4-5-11(10)18-13(19)8-21-14(20)12-3-1-2-6-17-12/h1-7H,8H2,(H,18,19). The fourth-order valence-electron chi connectivity index (χ4n) is 1.47. The maximum atomic E-state index is 12.9. The van der Waals surface area contributed by atoms with E-state index in [1.165, 1.54) is 18.3 Å². The predicted molar refractivity (Wildman–Crippen MR) is 74.6 cm³/mol. The molecule has 1 aromatic carbocycles. The quantitative estimate of drug-likeness (QED) is 0.882. The molecule has 108 valence electrons. The number of pyridine rings is 1.